The van der Waals surface area contributed by atoms with Crippen LogP contribution in [0.5, 0.6) is 5.75 Å². The molecule has 0 aromatic heterocycles. The number of likely N-dealkylation sites (N-methyl/N-ethyl adjacent to an activating group) is 1. The molecule has 1 N–H and O–H groups in total. The number of hydrogen-bond donors (Lipinski definition) is 1. The standard InChI is InChI=1S/C20H24N2O2/c1-22(2)19(17-10-7-11-18(14-17)24-3)15-21-20(23)13-12-16-8-5-4-6-9-16/h4-14,19H,15H2,1-3H3,(H,21,23)/b13-12+/t19-/m1/s1. The summed E-state index contributed by atoms with van der Waals surface area (Å²) in [5.74, 6) is 0.711. The summed E-state index contributed by atoms with van der Waals surface area (Å²) in [6.45, 7) is 0.526. The number of nitrogens with zero attached hydrogens (tertiary/aromatic N) is 1. The molecule has 0 heterocycles. The number of hydrogen-bond acceptors (Lipinski definition) is 3. The molecule has 0 radical (unpaired) electrons. The molecule has 1 atom stereocenters. The first-order chi connectivity index (χ1) is 11.6. The second kappa shape index (κ2) is 8.89. The molecule has 4 heteroatoms. The number of amides is 1. The third kappa shape index (κ3) is 5.25. The molecular formula is C20H24N2O2. The van der Waals surface area contributed by atoms with Crippen LogP contribution in [0.4, 0.5) is 0 Å². The van der Waals surface area contributed by atoms with E-state index in [0.717, 1.165) is 16.9 Å². The van der Waals surface area contributed by atoms with E-state index in [9.17, 15) is 4.79 Å². The van der Waals surface area contributed by atoms with Crippen LogP contribution in [0, 0.1) is 0 Å². The predicted molar refractivity (Wildman–Crippen MR) is 97.9 cm³/mol. The van der Waals surface area contributed by atoms with E-state index in [0.29, 0.717) is 6.54 Å². The fraction of sp³-hybridized carbons (Fsp3) is 0.250. The molecule has 0 spiro atoms. The van der Waals surface area contributed by atoms with Crippen LogP contribution in [0.1, 0.15) is 17.2 Å². The molecule has 24 heavy (non-hydrogen) atoms. The van der Waals surface area contributed by atoms with Crippen LogP contribution < -0.4 is 10.1 Å². The number of methoxy groups -OCH3 is 1. The second-order valence-electron chi connectivity index (χ2n) is 5.75. The summed E-state index contributed by atoms with van der Waals surface area (Å²) in [4.78, 5) is 14.1. The van der Waals surface area contributed by atoms with Gasteiger partial charge >= 0.3 is 0 Å². The highest BCUT2D eigenvalue weighted by atomic mass is 16.5. The van der Waals surface area contributed by atoms with Gasteiger partial charge in [-0.1, -0.05) is 42.5 Å². The first kappa shape index (κ1) is 17.8. The molecule has 0 saturated heterocycles. The Labute approximate surface area is 143 Å². The number of ether oxygens (including phenoxy) is 1. The Bertz CT molecular complexity index is 681. The quantitative estimate of drug-likeness (QED) is 0.796. The van der Waals surface area contributed by atoms with Gasteiger partial charge in [-0.25, -0.2) is 0 Å². The summed E-state index contributed by atoms with van der Waals surface area (Å²) in [5, 5.41) is 2.96. The van der Waals surface area contributed by atoms with Crippen molar-refractivity contribution >= 4 is 12.0 Å². The Hall–Kier alpha value is -2.59. The zero-order valence-electron chi connectivity index (χ0n) is 14.4. The van der Waals surface area contributed by atoms with Crippen molar-refractivity contribution in [1.82, 2.24) is 10.2 Å². The van der Waals surface area contributed by atoms with Gasteiger partial charge in [0.2, 0.25) is 5.91 Å². The van der Waals surface area contributed by atoms with Gasteiger partial charge in [-0.05, 0) is 43.4 Å². The van der Waals surface area contributed by atoms with Crippen molar-refractivity contribution in [3.05, 3.63) is 71.8 Å². The fourth-order valence-corrected chi connectivity index (χ4v) is 2.44. The lowest BCUT2D eigenvalue weighted by molar-refractivity contribution is -0.116. The van der Waals surface area contributed by atoms with Crippen LogP contribution >= 0.6 is 0 Å². The van der Waals surface area contributed by atoms with Crippen molar-refractivity contribution in [2.75, 3.05) is 27.7 Å². The highest BCUT2D eigenvalue weighted by Gasteiger charge is 2.15. The smallest absolute Gasteiger partial charge is 0.244 e. The zero-order valence-corrected chi connectivity index (χ0v) is 14.4. The Morgan fingerprint density at radius 1 is 1.17 bits per heavy atom. The minimum Gasteiger partial charge on any atom is -0.497 e. The molecule has 0 unspecified atom stereocenters. The number of nitrogens with one attached hydrogen (secondary N) is 1. The summed E-state index contributed by atoms with van der Waals surface area (Å²) >= 11 is 0. The normalized spacial score (nSPS) is 12.3. The van der Waals surface area contributed by atoms with E-state index in [-0.39, 0.29) is 11.9 Å². The van der Waals surface area contributed by atoms with Crippen molar-refractivity contribution < 1.29 is 9.53 Å². The molecule has 4 nitrogen and oxygen atoms in total. The summed E-state index contributed by atoms with van der Waals surface area (Å²) < 4.78 is 5.28. The number of carbonyl (C=O) groups excluding carboxylic acids is 1. The average molecular weight is 324 g/mol. The fourth-order valence-electron chi connectivity index (χ4n) is 2.44. The van der Waals surface area contributed by atoms with Gasteiger partial charge in [0.1, 0.15) is 5.75 Å². The van der Waals surface area contributed by atoms with Crippen molar-refractivity contribution in [2.24, 2.45) is 0 Å². The van der Waals surface area contributed by atoms with Crippen LogP contribution in [0.3, 0.4) is 0 Å². The number of benzene rings is 2. The van der Waals surface area contributed by atoms with Gasteiger partial charge in [0, 0.05) is 12.6 Å². The van der Waals surface area contributed by atoms with Crippen LogP contribution in [-0.4, -0.2) is 38.6 Å². The largest absolute Gasteiger partial charge is 0.497 e. The third-order valence-electron chi connectivity index (χ3n) is 3.80. The summed E-state index contributed by atoms with van der Waals surface area (Å²) in [6, 6.07) is 17.8. The second-order valence-corrected chi connectivity index (χ2v) is 5.75. The molecule has 0 bridgehead atoms. The molecule has 0 saturated carbocycles. The van der Waals surface area contributed by atoms with Crippen LogP contribution in [0.15, 0.2) is 60.7 Å². The first-order valence-electron chi connectivity index (χ1n) is 7.91. The topological polar surface area (TPSA) is 41.6 Å². The van der Waals surface area contributed by atoms with E-state index in [4.69, 9.17) is 4.74 Å². The molecule has 2 rings (SSSR count). The Morgan fingerprint density at radius 3 is 2.58 bits per heavy atom. The maximum Gasteiger partial charge on any atom is 0.244 e. The van der Waals surface area contributed by atoms with E-state index in [2.05, 4.69) is 10.2 Å². The molecule has 0 aliphatic heterocycles. The van der Waals surface area contributed by atoms with Crippen molar-refractivity contribution in [3.8, 4) is 5.75 Å². The van der Waals surface area contributed by atoms with Crippen LogP contribution in [0.25, 0.3) is 6.08 Å². The van der Waals surface area contributed by atoms with Gasteiger partial charge < -0.3 is 15.0 Å². The molecule has 2 aromatic rings. The minimum absolute atomic E-state index is 0.0779. The molecule has 0 aliphatic carbocycles. The van der Waals surface area contributed by atoms with Gasteiger partial charge in [-0.15, -0.1) is 0 Å². The summed E-state index contributed by atoms with van der Waals surface area (Å²) in [7, 11) is 5.64. The molecule has 126 valence electrons. The number of carbonyl (C=O) groups is 1. The first-order valence-corrected chi connectivity index (χ1v) is 7.91. The van der Waals surface area contributed by atoms with Gasteiger partial charge in [0.15, 0.2) is 0 Å². The van der Waals surface area contributed by atoms with Gasteiger partial charge in [-0.3, -0.25) is 4.79 Å². The van der Waals surface area contributed by atoms with E-state index in [1.165, 1.54) is 0 Å². The summed E-state index contributed by atoms with van der Waals surface area (Å²) in [5.41, 5.74) is 2.11. The lowest BCUT2D eigenvalue weighted by Crippen LogP contribution is -2.33. The van der Waals surface area contributed by atoms with E-state index < -0.39 is 0 Å². The maximum atomic E-state index is 12.1. The van der Waals surface area contributed by atoms with Crippen molar-refractivity contribution in [2.45, 2.75) is 6.04 Å². The monoisotopic (exact) mass is 324 g/mol. The van der Waals surface area contributed by atoms with Gasteiger partial charge in [0.25, 0.3) is 0 Å². The Kier molecular flexibility index (Phi) is 6.58. The van der Waals surface area contributed by atoms with E-state index >= 15 is 0 Å². The summed E-state index contributed by atoms with van der Waals surface area (Å²) in [6.07, 6.45) is 3.37. The highest BCUT2D eigenvalue weighted by molar-refractivity contribution is 5.91. The van der Waals surface area contributed by atoms with Crippen LogP contribution in [0.2, 0.25) is 0 Å². The minimum atomic E-state index is -0.103. The van der Waals surface area contributed by atoms with Gasteiger partial charge in [0.05, 0.1) is 13.2 Å². The molecule has 0 aliphatic rings. The molecular weight excluding hydrogens is 300 g/mol. The van der Waals surface area contributed by atoms with E-state index in [1.807, 2.05) is 74.8 Å². The van der Waals surface area contributed by atoms with Crippen molar-refractivity contribution in [3.63, 3.8) is 0 Å². The highest BCUT2D eigenvalue weighted by Crippen LogP contribution is 2.22. The van der Waals surface area contributed by atoms with Crippen molar-refractivity contribution in [1.29, 1.82) is 0 Å². The zero-order chi connectivity index (χ0) is 17.4. The molecule has 0 fully saturated rings. The molecule has 2 aromatic carbocycles. The Morgan fingerprint density at radius 2 is 1.92 bits per heavy atom. The van der Waals surface area contributed by atoms with E-state index in [1.54, 1.807) is 13.2 Å². The van der Waals surface area contributed by atoms with Gasteiger partial charge in [-0.2, -0.15) is 0 Å². The maximum absolute atomic E-state index is 12.1. The lowest BCUT2D eigenvalue weighted by Gasteiger charge is -2.25. The predicted octanol–water partition coefficient (Wildman–Crippen LogP) is 3.13. The molecule has 1 amide bonds. The van der Waals surface area contributed by atoms with Crippen LogP contribution in [-0.2, 0) is 4.79 Å². The third-order valence-corrected chi connectivity index (χ3v) is 3.80. The Balaban J connectivity index is 1.98. The SMILES string of the molecule is COc1cccc([C@@H](CNC(=O)/C=C/c2ccccc2)N(C)C)c1. The number of rotatable bonds is 7. The average Bonchev–Trinajstić information content (AvgIpc) is 2.61. The lowest BCUT2D eigenvalue weighted by atomic mass is 10.1.